The third kappa shape index (κ3) is 1.97. The van der Waals surface area contributed by atoms with E-state index in [4.69, 9.17) is 0 Å². The minimum atomic E-state index is -0.539. The zero-order valence-corrected chi connectivity index (χ0v) is 12.6. The third-order valence-corrected chi connectivity index (χ3v) is 4.11. The molecule has 1 aromatic carbocycles. The Balaban J connectivity index is 2.09. The lowest BCUT2D eigenvalue weighted by molar-refractivity contribution is -0.385. The maximum absolute atomic E-state index is 12.9. The number of amides is 1. The van der Waals surface area contributed by atoms with E-state index in [1.165, 1.54) is 4.68 Å². The SMILES string of the molecule is Cc1c([N+](=O)[O-])c(C(=O)N2c3ccccc3C[C@@H]2C)nn1C. The molecular weight excluding hydrogens is 284 g/mol. The van der Waals surface area contributed by atoms with Crippen molar-refractivity contribution in [3.05, 3.63) is 51.3 Å². The van der Waals surface area contributed by atoms with Crippen LogP contribution in [0.5, 0.6) is 0 Å². The van der Waals surface area contributed by atoms with Crippen molar-refractivity contribution in [2.24, 2.45) is 7.05 Å². The highest BCUT2D eigenvalue weighted by Crippen LogP contribution is 2.34. The van der Waals surface area contributed by atoms with Gasteiger partial charge in [-0.1, -0.05) is 18.2 Å². The predicted molar refractivity (Wildman–Crippen MR) is 81.0 cm³/mol. The second-order valence-corrected chi connectivity index (χ2v) is 5.52. The van der Waals surface area contributed by atoms with Crippen LogP contribution in [0.2, 0.25) is 0 Å². The van der Waals surface area contributed by atoms with Crippen LogP contribution in [0.3, 0.4) is 0 Å². The molecule has 1 aliphatic heterocycles. The van der Waals surface area contributed by atoms with E-state index in [1.54, 1.807) is 18.9 Å². The summed E-state index contributed by atoms with van der Waals surface area (Å²) in [5.41, 5.74) is 1.92. The lowest BCUT2D eigenvalue weighted by Gasteiger charge is -2.21. The molecule has 2 heterocycles. The Kier molecular flexibility index (Phi) is 3.20. The molecule has 0 unspecified atom stereocenters. The van der Waals surface area contributed by atoms with E-state index in [0.29, 0.717) is 5.69 Å². The van der Waals surface area contributed by atoms with Crippen LogP contribution < -0.4 is 4.90 Å². The molecule has 7 nitrogen and oxygen atoms in total. The first-order valence-electron chi connectivity index (χ1n) is 7.01. The zero-order chi connectivity index (χ0) is 16.0. The number of nitrogens with zero attached hydrogens (tertiary/aromatic N) is 4. The summed E-state index contributed by atoms with van der Waals surface area (Å²) in [6.07, 6.45) is 0.738. The van der Waals surface area contributed by atoms with Gasteiger partial charge in [0.05, 0.1) is 4.92 Å². The van der Waals surface area contributed by atoms with Gasteiger partial charge in [-0.05, 0) is 31.9 Å². The van der Waals surface area contributed by atoms with Crippen molar-refractivity contribution in [3.8, 4) is 0 Å². The highest BCUT2D eigenvalue weighted by molar-refractivity contribution is 6.09. The number of hydrogen-bond acceptors (Lipinski definition) is 4. The van der Waals surface area contributed by atoms with Crippen LogP contribution in [0, 0.1) is 17.0 Å². The number of rotatable bonds is 2. The molecular formula is C15H16N4O3. The van der Waals surface area contributed by atoms with Crippen molar-refractivity contribution < 1.29 is 9.72 Å². The molecule has 1 atom stereocenters. The van der Waals surface area contributed by atoms with E-state index in [9.17, 15) is 14.9 Å². The Bertz CT molecular complexity index is 781. The average Bonchev–Trinajstić information content (AvgIpc) is 2.95. The van der Waals surface area contributed by atoms with E-state index >= 15 is 0 Å². The topological polar surface area (TPSA) is 81.3 Å². The number of carbonyl (C=O) groups excluding carboxylic acids is 1. The lowest BCUT2D eigenvalue weighted by Crippen LogP contribution is -2.36. The fourth-order valence-corrected chi connectivity index (χ4v) is 2.95. The number of para-hydroxylation sites is 1. The Morgan fingerprint density at radius 2 is 2.09 bits per heavy atom. The first-order chi connectivity index (χ1) is 10.4. The molecule has 1 aromatic heterocycles. The van der Waals surface area contributed by atoms with E-state index in [-0.39, 0.29) is 17.4 Å². The average molecular weight is 300 g/mol. The van der Waals surface area contributed by atoms with Gasteiger partial charge in [0.2, 0.25) is 5.69 Å². The first-order valence-corrected chi connectivity index (χ1v) is 7.01. The Labute approximate surface area is 127 Å². The Morgan fingerprint density at radius 3 is 2.77 bits per heavy atom. The summed E-state index contributed by atoms with van der Waals surface area (Å²) in [6, 6.07) is 7.56. The fraction of sp³-hybridized carbons (Fsp3) is 0.333. The molecule has 0 radical (unpaired) electrons. The molecule has 1 aliphatic rings. The highest BCUT2D eigenvalue weighted by Gasteiger charge is 2.37. The van der Waals surface area contributed by atoms with E-state index in [1.807, 2.05) is 31.2 Å². The monoisotopic (exact) mass is 300 g/mol. The number of anilines is 1. The van der Waals surface area contributed by atoms with Crippen molar-refractivity contribution >= 4 is 17.3 Å². The number of nitro groups is 1. The van der Waals surface area contributed by atoms with Crippen LogP contribution in [-0.2, 0) is 13.5 Å². The van der Waals surface area contributed by atoms with E-state index in [0.717, 1.165) is 17.7 Å². The molecule has 0 aliphatic carbocycles. The van der Waals surface area contributed by atoms with Gasteiger partial charge in [0.1, 0.15) is 5.69 Å². The fourth-order valence-electron chi connectivity index (χ4n) is 2.95. The van der Waals surface area contributed by atoms with Gasteiger partial charge in [0, 0.05) is 18.8 Å². The standard InChI is InChI=1S/C15H16N4O3/c1-9-8-11-6-4-5-7-12(11)18(9)15(20)13-14(19(21)22)10(2)17(3)16-13/h4-7,9H,8H2,1-3H3/t9-/m0/s1. The number of aryl methyl sites for hydroxylation is 1. The summed E-state index contributed by atoms with van der Waals surface area (Å²) >= 11 is 0. The van der Waals surface area contributed by atoms with Crippen molar-refractivity contribution in [1.29, 1.82) is 0 Å². The molecule has 0 spiro atoms. The number of carbonyl (C=O) groups is 1. The highest BCUT2D eigenvalue weighted by atomic mass is 16.6. The number of benzene rings is 1. The summed E-state index contributed by atoms with van der Waals surface area (Å²) in [6.45, 7) is 3.52. The van der Waals surface area contributed by atoms with Crippen molar-refractivity contribution in [3.63, 3.8) is 0 Å². The Hall–Kier alpha value is -2.70. The summed E-state index contributed by atoms with van der Waals surface area (Å²) in [4.78, 5) is 25.2. The Morgan fingerprint density at radius 1 is 1.41 bits per heavy atom. The zero-order valence-electron chi connectivity index (χ0n) is 12.6. The normalized spacial score (nSPS) is 16.7. The molecule has 0 saturated carbocycles. The van der Waals surface area contributed by atoms with E-state index < -0.39 is 10.8 Å². The largest absolute Gasteiger partial charge is 0.322 e. The van der Waals surface area contributed by atoms with E-state index in [2.05, 4.69) is 5.10 Å². The second kappa shape index (κ2) is 4.94. The summed E-state index contributed by atoms with van der Waals surface area (Å²) in [5.74, 6) is -0.423. The van der Waals surface area contributed by atoms with Crippen LogP contribution in [-0.4, -0.2) is 26.7 Å². The summed E-state index contributed by atoms with van der Waals surface area (Å²) < 4.78 is 1.37. The summed E-state index contributed by atoms with van der Waals surface area (Å²) in [7, 11) is 1.60. The van der Waals surface area contributed by atoms with Gasteiger partial charge >= 0.3 is 5.69 Å². The van der Waals surface area contributed by atoms with Crippen LogP contribution in [0.25, 0.3) is 0 Å². The second-order valence-electron chi connectivity index (χ2n) is 5.52. The van der Waals surface area contributed by atoms with Crippen LogP contribution in [0.4, 0.5) is 11.4 Å². The van der Waals surface area contributed by atoms with Gasteiger partial charge in [-0.15, -0.1) is 0 Å². The maximum Gasteiger partial charge on any atom is 0.322 e. The molecule has 7 heteroatoms. The molecule has 0 fully saturated rings. The minimum absolute atomic E-state index is 0.0492. The third-order valence-electron chi connectivity index (χ3n) is 4.11. The van der Waals surface area contributed by atoms with Gasteiger partial charge in [0.25, 0.3) is 5.91 Å². The molecule has 1 amide bonds. The smallest absolute Gasteiger partial charge is 0.303 e. The predicted octanol–water partition coefficient (Wildman–Crippen LogP) is 2.23. The van der Waals surface area contributed by atoms with Gasteiger partial charge in [-0.2, -0.15) is 5.10 Å². The molecule has 0 bridgehead atoms. The molecule has 0 saturated heterocycles. The van der Waals surface area contributed by atoms with Crippen LogP contribution in [0.1, 0.15) is 28.7 Å². The molecule has 114 valence electrons. The number of hydrogen-bond donors (Lipinski definition) is 0. The molecule has 22 heavy (non-hydrogen) atoms. The minimum Gasteiger partial charge on any atom is -0.303 e. The molecule has 2 aromatic rings. The van der Waals surface area contributed by atoms with Gasteiger partial charge in [-0.25, -0.2) is 0 Å². The van der Waals surface area contributed by atoms with Crippen molar-refractivity contribution in [2.75, 3.05) is 4.90 Å². The summed E-state index contributed by atoms with van der Waals surface area (Å²) in [5, 5.41) is 15.4. The van der Waals surface area contributed by atoms with Crippen LogP contribution >= 0.6 is 0 Å². The quantitative estimate of drug-likeness (QED) is 0.629. The maximum atomic E-state index is 12.9. The lowest BCUT2D eigenvalue weighted by atomic mass is 10.1. The molecule has 0 N–H and O–H groups in total. The number of fused-ring (bicyclic) bond motifs is 1. The van der Waals surface area contributed by atoms with Gasteiger partial charge in [-0.3, -0.25) is 19.6 Å². The first kappa shape index (κ1) is 14.2. The van der Waals surface area contributed by atoms with Crippen molar-refractivity contribution in [2.45, 2.75) is 26.3 Å². The molecule has 3 rings (SSSR count). The number of aromatic nitrogens is 2. The van der Waals surface area contributed by atoms with Gasteiger partial charge in [0.15, 0.2) is 0 Å². The van der Waals surface area contributed by atoms with Crippen molar-refractivity contribution in [1.82, 2.24) is 9.78 Å². The van der Waals surface area contributed by atoms with Gasteiger partial charge < -0.3 is 4.90 Å². The van der Waals surface area contributed by atoms with Crippen LogP contribution in [0.15, 0.2) is 24.3 Å².